The second-order valence-electron chi connectivity index (χ2n) is 2.63. The van der Waals surface area contributed by atoms with E-state index in [-0.39, 0.29) is 28.4 Å². The third-order valence-electron chi connectivity index (χ3n) is 1.71. The molecule has 0 saturated carbocycles. The minimum Gasteiger partial charge on any atom is -0.506 e. The average Bonchev–Trinajstić information content (AvgIpc) is 2.20. The van der Waals surface area contributed by atoms with Crippen LogP contribution < -0.4 is 5.73 Å². The number of phenols is 1. The number of nitriles is 1. The van der Waals surface area contributed by atoms with Crippen molar-refractivity contribution in [3.63, 3.8) is 0 Å². The summed E-state index contributed by atoms with van der Waals surface area (Å²) in [7, 11) is 0. The number of anilines is 1. The molecule has 1 rings (SSSR count). The van der Waals surface area contributed by atoms with Gasteiger partial charge in [-0.05, 0) is 12.1 Å². The maximum Gasteiger partial charge on any atom is 0.179 e. The molecule has 0 fully saturated rings. The van der Waals surface area contributed by atoms with Gasteiger partial charge in [-0.3, -0.25) is 4.79 Å². The summed E-state index contributed by atoms with van der Waals surface area (Å²) in [5, 5.41) is 17.9. The van der Waals surface area contributed by atoms with Crippen molar-refractivity contribution in [3.05, 3.63) is 23.3 Å². The van der Waals surface area contributed by atoms with Crippen LogP contribution in [0.3, 0.4) is 0 Å². The van der Waals surface area contributed by atoms with Gasteiger partial charge in [-0.1, -0.05) is 0 Å². The molecular weight excluding hydrogens is 204 g/mol. The number of nitrogens with zero attached hydrogens (tertiary/aromatic N) is 1. The molecule has 0 aromatic heterocycles. The lowest BCUT2D eigenvalue weighted by Crippen LogP contribution is -2.04. The van der Waals surface area contributed by atoms with E-state index in [0.717, 1.165) is 6.07 Å². The Balaban J connectivity index is 3.36. The second-order valence-corrected chi connectivity index (χ2v) is 2.89. The van der Waals surface area contributed by atoms with Crippen molar-refractivity contribution in [1.29, 1.82) is 5.26 Å². The summed E-state index contributed by atoms with van der Waals surface area (Å²) in [6.07, 6.45) is 0. The zero-order chi connectivity index (χ0) is 10.7. The van der Waals surface area contributed by atoms with E-state index >= 15 is 0 Å². The molecule has 0 aliphatic rings. The van der Waals surface area contributed by atoms with Gasteiger partial charge in [-0.15, -0.1) is 11.6 Å². The number of hydrogen-bond donors (Lipinski definition) is 2. The highest BCUT2D eigenvalue weighted by molar-refractivity contribution is 6.30. The fourth-order valence-corrected chi connectivity index (χ4v) is 1.14. The van der Waals surface area contributed by atoms with Crippen molar-refractivity contribution in [2.45, 2.75) is 0 Å². The van der Waals surface area contributed by atoms with Crippen LogP contribution in [0.1, 0.15) is 15.9 Å². The minimum atomic E-state index is -0.418. The van der Waals surface area contributed by atoms with Gasteiger partial charge in [0.1, 0.15) is 5.75 Å². The Hall–Kier alpha value is -1.73. The first-order valence-electron chi connectivity index (χ1n) is 3.72. The number of rotatable bonds is 2. The third-order valence-corrected chi connectivity index (χ3v) is 1.95. The zero-order valence-corrected chi connectivity index (χ0v) is 7.88. The first kappa shape index (κ1) is 10.4. The molecule has 0 amide bonds. The molecule has 0 bridgehead atoms. The topological polar surface area (TPSA) is 87.1 Å². The molecule has 1 aromatic carbocycles. The van der Waals surface area contributed by atoms with Crippen molar-refractivity contribution in [1.82, 2.24) is 0 Å². The Kier molecular flexibility index (Phi) is 2.95. The predicted molar refractivity (Wildman–Crippen MR) is 52.3 cm³/mol. The lowest BCUT2D eigenvalue weighted by Gasteiger charge is -2.04. The van der Waals surface area contributed by atoms with E-state index in [2.05, 4.69) is 0 Å². The molecule has 0 atom stereocenters. The fourth-order valence-electron chi connectivity index (χ4n) is 1.00. The molecule has 0 aliphatic heterocycles. The molecule has 4 nitrogen and oxygen atoms in total. The van der Waals surface area contributed by atoms with Crippen LogP contribution in [-0.2, 0) is 0 Å². The first-order valence-corrected chi connectivity index (χ1v) is 4.25. The highest BCUT2D eigenvalue weighted by Gasteiger charge is 2.13. The van der Waals surface area contributed by atoms with E-state index < -0.39 is 5.78 Å². The van der Waals surface area contributed by atoms with E-state index in [1.807, 2.05) is 6.07 Å². The molecule has 0 saturated heterocycles. The van der Waals surface area contributed by atoms with E-state index in [0.29, 0.717) is 0 Å². The molecule has 72 valence electrons. The molecule has 1 aromatic rings. The molecule has 0 unspecified atom stereocenters. The van der Waals surface area contributed by atoms with Gasteiger partial charge < -0.3 is 10.8 Å². The molecule has 0 radical (unpaired) electrons. The molecule has 3 N–H and O–H groups in total. The number of ketones is 1. The largest absolute Gasteiger partial charge is 0.506 e. The van der Waals surface area contributed by atoms with E-state index in [4.69, 9.17) is 22.6 Å². The maximum absolute atomic E-state index is 11.2. The van der Waals surface area contributed by atoms with Gasteiger partial charge in [0.15, 0.2) is 5.78 Å². The summed E-state index contributed by atoms with van der Waals surface area (Å²) >= 11 is 5.34. The fraction of sp³-hybridized carbons (Fsp3) is 0.111. The van der Waals surface area contributed by atoms with Gasteiger partial charge in [-0.2, -0.15) is 5.26 Å². The van der Waals surface area contributed by atoms with Crippen molar-refractivity contribution in [2.75, 3.05) is 11.6 Å². The Bertz CT molecular complexity index is 424. The van der Waals surface area contributed by atoms with Crippen molar-refractivity contribution >= 4 is 23.1 Å². The highest BCUT2D eigenvalue weighted by Crippen LogP contribution is 2.24. The molecule has 0 spiro atoms. The number of Topliss-reactive ketones (excluding diaryl/α,β-unsaturated/α-hetero) is 1. The normalized spacial score (nSPS) is 9.43. The van der Waals surface area contributed by atoms with Crippen molar-refractivity contribution < 1.29 is 9.90 Å². The van der Waals surface area contributed by atoms with Gasteiger partial charge in [0.25, 0.3) is 0 Å². The van der Waals surface area contributed by atoms with Gasteiger partial charge in [-0.25, -0.2) is 0 Å². The van der Waals surface area contributed by atoms with Crippen LogP contribution in [0.2, 0.25) is 0 Å². The SMILES string of the molecule is N#Cc1cc(N)c(O)cc1C(=O)CCl. The average molecular weight is 211 g/mol. The van der Waals surface area contributed by atoms with Gasteiger partial charge in [0.2, 0.25) is 0 Å². The lowest BCUT2D eigenvalue weighted by molar-refractivity contribution is 0.102. The third kappa shape index (κ3) is 1.78. The molecule has 0 aliphatic carbocycles. The lowest BCUT2D eigenvalue weighted by atomic mass is 10.0. The van der Waals surface area contributed by atoms with Crippen LogP contribution in [0.15, 0.2) is 12.1 Å². The Labute approximate surface area is 85.5 Å². The quantitative estimate of drug-likeness (QED) is 0.333. The Morgan fingerprint density at radius 2 is 2.29 bits per heavy atom. The number of halogens is 1. The number of aromatic hydroxyl groups is 1. The van der Waals surface area contributed by atoms with E-state index in [1.165, 1.54) is 6.07 Å². The van der Waals surface area contributed by atoms with Gasteiger partial charge in [0.05, 0.1) is 23.2 Å². The smallest absolute Gasteiger partial charge is 0.179 e. The number of hydrogen-bond acceptors (Lipinski definition) is 4. The number of nitrogens with two attached hydrogens (primary N) is 1. The summed E-state index contributed by atoms with van der Waals surface area (Å²) in [5.41, 5.74) is 5.63. The number of benzene rings is 1. The van der Waals surface area contributed by atoms with Crippen LogP contribution in [-0.4, -0.2) is 16.8 Å². The number of phenolic OH excluding ortho intramolecular Hbond substituents is 1. The van der Waals surface area contributed by atoms with Crippen LogP contribution in [0, 0.1) is 11.3 Å². The first-order chi connectivity index (χ1) is 6.60. The summed E-state index contributed by atoms with van der Waals surface area (Å²) in [6.45, 7) is 0. The summed E-state index contributed by atoms with van der Waals surface area (Å²) in [4.78, 5) is 11.2. The maximum atomic E-state index is 11.2. The predicted octanol–water partition coefficient (Wildman–Crippen LogP) is 1.27. The van der Waals surface area contributed by atoms with E-state index in [9.17, 15) is 9.90 Å². The standard InChI is InChI=1S/C9H7ClN2O2/c10-3-9(14)6-2-8(13)7(12)1-5(6)4-11/h1-2,13H,3,12H2. The molecular formula is C9H7ClN2O2. The van der Waals surface area contributed by atoms with Crippen LogP contribution >= 0.6 is 11.6 Å². The summed E-state index contributed by atoms with van der Waals surface area (Å²) in [6, 6.07) is 4.20. The Morgan fingerprint density at radius 3 is 2.79 bits per heavy atom. The zero-order valence-electron chi connectivity index (χ0n) is 7.12. The van der Waals surface area contributed by atoms with Crippen molar-refractivity contribution in [3.8, 4) is 11.8 Å². The van der Waals surface area contributed by atoms with E-state index in [1.54, 1.807) is 0 Å². The summed E-state index contributed by atoms with van der Waals surface area (Å²) in [5.74, 6) is -0.881. The second kappa shape index (κ2) is 3.99. The van der Waals surface area contributed by atoms with Crippen molar-refractivity contribution in [2.24, 2.45) is 0 Å². The molecule has 5 heteroatoms. The van der Waals surface area contributed by atoms with Crippen LogP contribution in [0.4, 0.5) is 5.69 Å². The van der Waals surface area contributed by atoms with Crippen LogP contribution in [0.25, 0.3) is 0 Å². The number of carbonyl (C=O) groups excluding carboxylic acids is 1. The number of alkyl halides is 1. The monoisotopic (exact) mass is 210 g/mol. The molecule has 14 heavy (non-hydrogen) atoms. The van der Waals surface area contributed by atoms with Gasteiger partial charge >= 0.3 is 0 Å². The number of nitrogen functional groups attached to an aromatic ring is 1. The van der Waals surface area contributed by atoms with Gasteiger partial charge in [0, 0.05) is 5.56 Å². The molecule has 0 heterocycles. The Morgan fingerprint density at radius 1 is 1.64 bits per heavy atom. The number of carbonyl (C=O) groups is 1. The minimum absolute atomic E-state index is 0.0627. The van der Waals surface area contributed by atoms with Crippen LogP contribution in [0.5, 0.6) is 5.75 Å². The summed E-state index contributed by atoms with van der Waals surface area (Å²) < 4.78 is 0. The highest BCUT2D eigenvalue weighted by atomic mass is 35.5.